The number of fused-ring (bicyclic) bond motifs is 2. The first kappa shape index (κ1) is 20.0. The molecular formula is C20H32Cl2N2. The molecule has 0 radical (unpaired) electrons. The molecule has 1 spiro atoms. The molecule has 136 valence electrons. The number of rotatable bonds is 4. The van der Waals surface area contributed by atoms with Crippen LogP contribution in [0.4, 0.5) is 0 Å². The van der Waals surface area contributed by atoms with Gasteiger partial charge < -0.3 is 10.2 Å². The van der Waals surface area contributed by atoms with E-state index in [1.165, 1.54) is 51.7 Å². The minimum Gasteiger partial charge on any atom is -0.313 e. The van der Waals surface area contributed by atoms with Crippen molar-refractivity contribution >= 4 is 24.8 Å². The quantitative estimate of drug-likeness (QED) is 0.854. The predicted octanol–water partition coefficient (Wildman–Crippen LogP) is 4.20. The smallest absolute Gasteiger partial charge is 0.0174 e. The highest BCUT2D eigenvalue weighted by molar-refractivity contribution is 5.85. The zero-order valence-corrected chi connectivity index (χ0v) is 16.6. The van der Waals surface area contributed by atoms with Crippen LogP contribution < -0.4 is 5.32 Å². The lowest BCUT2D eigenvalue weighted by molar-refractivity contribution is 0.148. The second-order valence-electron chi connectivity index (χ2n) is 8.05. The lowest BCUT2D eigenvalue weighted by atomic mass is 9.95. The fourth-order valence-electron chi connectivity index (χ4n) is 4.85. The van der Waals surface area contributed by atoms with Gasteiger partial charge >= 0.3 is 0 Å². The van der Waals surface area contributed by atoms with Gasteiger partial charge in [-0.05, 0) is 82.6 Å². The van der Waals surface area contributed by atoms with E-state index in [0.29, 0.717) is 5.41 Å². The minimum absolute atomic E-state index is 0. The molecule has 1 N–H and O–H groups in total. The largest absolute Gasteiger partial charge is 0.313 e. The zero-order valence-electron chi connectivity index (χ0n) is 15.0. The Morgan fingerprint density at radius 1 is 1.17 bits per heavy atom. The van der Waals surface area contributed by atoms with Crippen molar-refractivity contribution in [3.8, 4) is 0 Å². The van der Waals surface area contributed by atoms with E-state index in [4.69, 9.17) is 0 Å². The predicted molar refractivity (Wildman–Crippen MR) is 107 cm³/mol. The number of nitrogens with zero attached hydrogens (tertiary/aromatic N) is 1. The minimum atomic E-state index is 0. The van der Waals surface area contributed by atoms with E-state index >= 15 is 0 Å². The Kier molecular flexibility index (Phi) is 6.64. The van der Waals surface area contributed by atoms with Gasteiger partial charge in [-0.2, -0.15) is 0 Å². The van der Waals surface area contributed by atoms with E-state index in [-0.39, 0.29) is 24.8 Å². The molecule has 4 rings (SSSR count). The zero-order chi connectivity index (χ0) is 15.2. The van der Waals surface area contributed by atoms with Gasteiger partial charge in [0, 0.05) is 17.5 Å². The highest BCUT2D eigenvalue weighted by Gasteiger charge is 2.57. The lowest BCUT2D eigenvalue weighted by Gasteiger charge is -2.34. The molecule has 1 aromatic carbocycles. The van der Waals surface area contributed by atoms with Crippen LogP contribution in [0.25, 0.3) is 0 Å². The Balaban J connectivity index is 0.00000104. The molecule has 1 heterocycles. The van der Waals surface area contributed by atoms with Crippen LogP contribution in [0.1, 0.15) is 50.7 Å². The first-order valence-corrected chi connectivity index (χ1v) is 9.25. The highest BCUT2D eigenvalue weighted by Crippen LogP contribution is 2.56. The van der Waals surface area contributed by atoms with Crippen LogP contribution in [0.5, 0.6) is 0 Å². The number of aryl methyl sites for hydroxylation is 1. The van der Waals surface area contributed by atoms with Crippen molar-refractivity contribution < 1.29 is 0 Å². The second kappa shape index (κ2) is 7.95. The molecule has 2 atom stereocenters. The summed E-state index contributed by atoms with van der Waals surface area (Å²) in [5.41, 5.74) is 3.77. The summed E-state index contributed by atoms with van der Waals surface area (Å²) >= 11 is 0. The summed E-state index contributed by atoms with van der Waals surface area (Å²) in [5, 5.41) is 3.93. The Morgan fingerprint density at radius 3 is 2.58 bits per heavy atom. The van der Waals surface area contributed by atoms with Crippen LogP contribution >= 0.6 is 24.8 Å². The maximum absolute atomic E-state index is 3.93. The van der Waals surface area contributed by atoms with E-state index in [0.717, 1.165) is 18.0 Å². The molecule has 0 unspecified atom stereocenters. The van der Waals surface area contributed by atoms with Gasteiger partial charge in [-0.25, -0.2) is 0 Å². The van der Waals surface area contributed by atoms with Gasteiger partial charge in [-0.15, -0.1) is 24.8 Å². The summed E-state index contributed by atoms with van der Waals surface area (Å²) in [6, 6.07) is 10.6. The van der Waals surface area contributed by atoms with Crippen LogP contribution in [-0.2, 0) is 11.8 Å². The average Bonchev–Trinajstić information content (AvgIpc) is 3.13. The van der Waals surface area contributed by atoms with Gasteiger partial charge in [-0.3, -0.25) is 0 Å². The van der Waals surface area contributed by atoms with Gasteiger partial charge in [0.15, 0.2) is 0 Å². The summed E-state index contributed by atoms with van der Waals surface area (Å²) in [4.78, 5) is 2.63. The maximum atomic E-state index is 3.93. The topological polar surface area (TPSA) is 15.3 Å². The third-order valence-electron chi connectivity index (χ3n) is 6.50. The maximum Gasteiger partial charge on any atom is 0.0174 e. The Morgan fingerprint density at radius 2 is 1.88 bits per heavy atom. The van der Waals surface area contributed by atoms with E-state index in [1.54, 1.807) is 11.1 Å². The number of hydrogen-bond donors (Lipinski definition) is 1. The SMILES string of the molecule is CC(C)N1CCC(CN[C@@H]2C[C@@]23CCc2ccccc23)CC1.Cl.Cl. The summed E-state index contributed by atoms with van der Waals surface area (Å²) in [6.45, 7) is 8.47. The molecule has 2 nitrogen and oxygen atoms in total. The van der Waals surface area contributed by atoms with Gasteiger partial charge in [0.2, 0.25) is 0 Å². The monoisotopic (exact) mass is 370 g/mol. The molecule has 3 aliphatic rings. The molecule has 0 aromatic heterocycles. The fourth-order valence-corrected chi connectivity index (χ4v) is 4.85. The number of piperidine rings is 1. The van der Waals surface area contributed by atoms with E-state index in [9.17, 15) is 0 Å². The Bertz CT molecular complexity index is 540. The van der Waals surface area contributed by atoms with Crippen molar-refractivity contribution in [2.75, 3.05) is 19.6 Å². The number of benzene rings is 1. The van der Waals surface area contributed by atoms with Crippen LogP contribution in [0.2, 0.25) is 0 Å². The average molecular weight is 371 g/mol. The number of likely N-dealkylation sites (tertiary alicyclic amines) is 1. The Labute approximate surface area is 159 Å². The first-order valence-electron chi connectivity index (χ1n) is 9.25. The second-order valence-corrected chi connectivity index (χ2v) is 8.05. The van der Waals surface area contributed by atoms with Gasteiger partial charge in [0.1, 0.15) is 0 Å². The normalized spacial score (nSPS) is 29.2. The molecule has 4 heteroatoms. The molecule has 2 aliphatic carbocycles. The van der Waals surface area contributed by atoms with Gasteiger partial charge in [0.05, 0.1) is 0 Å². The van der Waals surface area contributed by atoms with Crippen LogP contribution in [0.3, 0.4) is 0 Å². The third kappa shape index (κ3) is 3.62. The first-order chi connectivity index (χ1) is 10.7. The van der Waals surface area contributed by atoms with E-state index < -0.39 is 0 Å². The molecule has 2 fully saturated rings. The molecule has 1 saturated heterocycles. The van der Waals surface area contributed by atoms with Gasteiger partial charge in [0.25, 0.3) is 0 Å². The van der Waals surface area contributed by atoms with Crippen LogP contribution in [0.15, 0.2) is 24.3 Å². The number of hydrogen-bond acceptors (Lipinski definition) is 2. The van der Waals surface area contributed by atoms with Crippen LogP contribution in [-0.4, -0.2) is 36.6 Å². The molecule has 1 aliphatic heterocycles. The molecule has 0 bridgehead atoms. The molecule has 0 amide bonds. The van der Waals surface area contributed by atoms with Crippen LogP contribution in [0, 0.1) is 5.92 Å². The van der Waals surface area contributed by atoms with Crippen molar-refractivity contribution in [2.45, 2.75) is 63.5 Å². The van der Waals surface area contributed by atoms with Crippen molar-refractivity contribution in [3.63, 3.8) is 0 Å². The fraction of sp³-hybridized carbons (Fsp3) is 0.700. The van der Waals surface area contributed by atoms with Crippen molar-refractivity contribution in [1.29, 1.82) is 0 Å². The molecular weight excluding hydrogens is 339 g/mol. The van der Waals surface area contributed by atoms with Gasteiger partial charge in [-0.1, -0.05) is 24.3 Å². The van der Waals surface area contributed by atoms with E-state index in [2.05, 4.69) is 48.3 Å². The molecule has 24 heavy (non-hydrogen) atoms. The molecule has 1 aromatic rings. The van der Waals surface area contributed by atoms with Crippen molar-refractivity contribution in [3.05, 3.63) is 35.4 Å². The Hall–Kier alpha value is -0.280. The summed E-state index contributed by atoms with van der Waals surface area (Å²) in [6.07, 6.45) is 6.79. The third-order valence-corrected chi connectivity index (χ3v) is 6.50. The lowest BCUT2D eigenvalue weighted by Crippen LogP contribution is -2.41. The standard InChI is InChI=1S/C20H30N2.2ClH/c1-15(2)22-11-8-16(9-12-22)14-21-19-13-20(19)10-7-17-5-3-4-6-18(17)20;;/h3-6,15-16,19,21H,7-14H2,1-2H3;2*1H/t19-,20-;;/m1../s1. The highest BCUT2D eigenvalue weighted by atomic mass is 35.5. The van der Waals surface area contributed by atoms with Crippen molar-refractivity contribution in [2.24, 2.45) is 5.92 Å². The number of nitrogens with one attached hydrogen (secondary N) is 1. The van der Waals surface area contributed by atoms with Crippen molar-refractivity contribution in [1.82, 2.24) is 10.2 Å². The summed E-state index contributed by atoms with van der Waals surface area (Å²) < 4.78 is 0. The number of halogens is 2. The van der Waals surface area contributed by atoms with E-state index in [1.807, 2.05) is 0 Å². The molecule has 1 saturated carbocycles. The summed E-state index contributed by atoms with van der Waals surface area (Å²) in [7, 11) is 0. The summed E-state index contributed by atoms with van der Waals surface area (Å²) in [5.74, 6) is 0.893.